The van der Waals surface area contributed by atoms with Crippen molar-refractivity contribution >= 4 is 55.1 Å². The van der Waals surface area contributed by atoms with E-state index in [0.717, 1.165) is 45.8 Å². The van der Waals surface area contributed by atoms with Crippen molar-refractivity contribution in [3.05, 3.63) is 68.4 Å². The van der Waals surface area contributed by atoms with Crippen LogP contribution in [-0.2, 0) is 10.0 Å². The molecule has 0 aliphatic heterocycles. The summed E-state index contributed by atoms with van der Waals surface area (Å²) in [6.07, 6.45) is 5.19. The highest BCUT2D eigenvalue weighted by atomic mass is 79.9. The Labute approximate surface area is 222 Å². The second-order valence-corrected chi connectivity index (χ2v) is 12.4. The number of carbonyl (C=O) groups is 1. The van der Waals surface area contributed by atoms with Crippen LogP contribution in [0.1, 0.15) is 47.7 Å². The van der Waals surface area contributed by atoms with Crippen molar-refractivity contribution in [2.45, 2.75) is 42.5 Å². The Kier molecular flexibility index (Phi) is 7.87. The molecule has 1 aliphatic rings. The number of nitrogens with zero attached hydrogens (tertiary/aromatic N) is 4. The highest BCUT2D eigenvalue weighted by Crippen LogP contribution is 2.33. The van der Waals surface area contributed by atoms with Gasteiger partial charge in [-0.3, -0.25) is 4.79 Å². The third-order valence-electron chi connectivity index (χ3n) is 6.11. The van der Waals surface area contributed by atoms with E-state index in [2.05, 4.69) is 31.6 Å². The number of hydrogen-bond donors (Lipinski definition) is 1. The number of carbonyl (C=O) groups excluding carboxylic acids is 1. The minimum atomic E-state index is -3.76. The van der Waals surface area contributed by atoms with Crippen molar-refractivity contribution in [2.24, 2.45) is 0 Å². The van der Waals surface area contributed by atoms with Gasteiger partial charge in [0.05, 0.1) is 27.6 Å². The molecule has 0 saturated heterocycles. The summed E-state index contributed by atoms with van der Waals surface area (Å²) in [5.41, 5.74) is 2.00. The quantitative estimate of drug-likeness (QED) is 0.427. The monoisotopic (exact) mass is 599 g/mol. The highest BCUT2D eigenvalue weighted by molar-refractivity contribution is 9.10. The van der Waals surface area contributed by atoms with E-state index < -0.39 is 10.0 Å². The Balaban J connectivity index is 1.38. The first kappa shape index (κ1) is 26.1. The van der Waals surface area contributed by atoms with Crippen molar-refractivity contribution in [1.29, 1.82) is 0 Å². The zero-order valence-electron chi connectivity index (χ0n) is 19.1. The van der Waals surface area contributed by atoms with Crippen LogP contribution in [0.4, 0.5) is 0 Å². The minimum absolute atomic E-state index is 0.0105. The van der Waals surface area contributed by atoms with E-state index >= 15 is 0 Å². The van der Waals surface area contributed by atoms with Gasteiger partial charge < -0.3 is 5.32 Å². The molecule has 1 saturated carbocycles. The van der Waals surface area contributed by atoms with Gasteiger partial charge in [0, 0.05) is 36.1 Å². The summed E-state index contributed by atoms with van der Waals surface area (Å²) in [4.78, 5) is 12.7. The molecule has 12 heteroatoms. The molecule has 0 atom stereocenters. The van der Waals surface area contributed by atoms with E-state index in [1.54, 1.807) is 4.68 Å². The Bertz CT molecular complexity index is 1350. The van der Waals surface area contributed by atoms with Crippen molar-refractivity contribution in [1.82, 2.24) is 24.6 Å². The summed E-state index contributed by atoms with van der Waals surface area (Å²) in [6, 6.07) is 9.88. The van der Waals surface area contributed by atoms with E-state index in [1.165, 1.54) is 32.3 Å². The van der Waals surface area contributed by atoms with Gasteiger partial charge in [0.1, 0.15) is 4.90 Å². The van der Waals surface area contributed by atoms with Crippen molar-refractivity contribution in [3.8, 4) is 5.69 Å². The smallest absolute Gasteiger partial charge is 0.251 e. The standard InChI is InChI=1S/C23H24BrCl2N5O3S/c1-30(2)35(33,34)22-11-15(5-10-19(22)25)23(32)27-16-6-3-14(4-7-16)21-13-31(29-28-21)17-8-9-18(24)20(26)12-17/h5,8-14,16H,3-4,6-7H2,1-2H3,(H,27,32). The average Bonchev–Trinajstić information content (AvgIpc) is 3.31. The number of nitrogens with one attached hydrogen (secondary N) is 1. The lowest BCUT2D eigenvalue weighted by atomic mass is 9.84. The molecule has 1 aliphatic carbocycles. The first-order valence-corrected chi connectivity index (χ1v) is 14.0. The summed E-state index contributed by atoms with van der Waals surface area (Å²) in [6.45, 7) is 0. The van der Waals surface area contributed by atoms with Gasteiger partial charge in [-0.25, -0.2) is 17.4 Å². The van der Waals surface area contributed by atoms with Crippen LogP contribution in [0.2, 0.25) is 10.0 Å². The fourth-order valence-corrected chi connectivity index (χ4v) is 5.87. The van der Waals surface area contributed by atoms with E-state index in [4.69, 9.17) is 23.2 Å². The lowest BCUT2D eigenvalue weighted by Crippen LogP contribution is -2.37. The Hall–Kier alpha value is -1.98. The molecule has 8 nitrogen and oxygen atoms in total. The van der Waals surface area contributed by atoms with Crippen LogP contribution in [0.3, 0.4) is 0 Å². The Morgan fingerprint density at radius 2 is 1.80 bits per heavy atom. The molecule has 1 amide bonds. The average molecular weight is 601 g/mol. The molecular weight excluding hydrogens is 577 g/mol. The number of aromatic nitrogens is 3. The molecule has 0 bridgehead atoms. The van der Waals surface area contributed by atoms with E-state index in [1.807, 2.05) is 24.4 Å². The van der Waals surface area contributed by atoms with E-state index in [0.29, 0.717) is 5.02 Å². The maximum Gasteiger partial charge on any atom is 0.251 e. The van der Waals surface area contributed by atoms with Crippen molar-refractivity contribution in [2.75, 3.05) is 14.1 Å². The first-order valence-electron chi connectivity index (χ1n) is 11.0. The number of benzene rings is 2. The van der Waals surface area contributed by atoms with Crippen LogP contribution in [-0.4, -0.2) is 53.8 Å². The maximum atomic E-state index is 12.8. The number of sulfonamides is 1. The molecule has 1 aromatic heterocycles. The summed E-state index contributed by atoms with van der Waals surface area (Å²) < 4.78 is 28.6. The lowest BCUT2D eigenvalue weighted by molar-refractivity contribution is 0.0925. The van der Waals surface area contributed by atoms with Crippen LogP contribution < -0.4 is 5.32 Å². The van der Waals surface area contributed by atoms with Gasteiger partial charge in [-0.05, 0) is 78.0 Å². The van der Waals surface area contributed by atoms with Gasteiger partial charge in [-0.2, -0.15) is 0 Å². The number of amides is 1. The highest BCUT2D eigenvalue weighted by Gasteiger charge is 2.27. The summed E-state index contributed by atoms with van der Waals surface area (Å²) in [5.74, 6) is -0.0754. The summed E-state index contributed by atoms with van der Waals surface area (Å²) in [5, 5.41) is 12.3. The minimum Gasteiger partial charge on any atom is -0.349 e. The lowest BCUT2D eigenvalue weighted by Gasteiger charge is -2.28. The largest absolute Gasteiger partial charge is 0.349 e. The second-order valence-electron chi connectivity index (χ2n) is 8.64. The van der Waals surface area contributed by atoms with Crippen molar-refractivity contribution < 1.29 is 13.2 Å². The zero-order valence-corrected chi connectivity index (χ0v) is 23.0. The molecule has 186 valence electrons. The van der Waals surface area contributed by atoms with Crippen LogP contribution in [0, 0.1) is 0 Å². The van der Waals surface area contributed by atoms with Gasteiger partial charge in [-0.1, -0.05) is 28.4 Å². The SMILES string of the molecule is CN(C)S(=O)(=O)c1cc(C(=O)NC2CCC(c3cn(-c4ccc(Br)c(Cl)c4)nn3)CC2)ccc1Cl. The fraction of sp³-hybridized carbons (Fsp3) is 0.348. The van der Waals surface area contributed by atoms with Gasteiger partial charge in [0.2, 0.25) is 10.0 Å². The molecule has 1 N–H and O–H groups in total. The number of halogens is 3. The van der Waals surface area contributed by atoms with Crippen molar-refractivity contribution in [3.63, 3.8) is 0 Å². The summed E-state index contributed by atoms with van der Waals surface area (Å²) in [7, 11) is -0.920. The summed E-state index contributed by atoms with van der Waals surface area (Å²) >= 11 is 15.7. The van der Waals surface area contributed by atoms with Crippen LogP contribution in [0.25, 0.3) is 5.69 Å². The normalized spacial score (nSPS) is 18.6. The molecule has 1 heterocycles. The molecule has 2 aromatic carbocycles. The van der Waals surface area contributed by atoms with E-state index in [-0.39, 0.29) is 33.3 Å². The number of hydrogen-bond acceptors (Lipinski definition) is 5. The second kappa shape index (κ2) is 10.6. The molecular formula is C23H24BrCl2N5O3S. The van der Waals surface area contributed by atoms with E-state index in [9.17, 15) is 13.2 Å². The maximum absolute atomic E-state index is 12.8. The predicted octanol–water partition coefficient (Wildman–Crippen LogP) is 5.04. The first-order chi connectivity index (χ1) is 16.6. The van der Waals surface area contributed by atoms with Gasteiger partial charge in [0.25, 0.3) is 5.91 Å². The molecule has 4 rings (SSSR count). The van der Waals surface area contributed by atoms with Gasteiger partial charge in [0.15, 0.2) is 0 Å². The molecule has 35 heavy (non-hydrogen) atoms. The predicted molar refractivity (Wildman–Crippen MR) is 139 cm³/mol. The Morgan fingerprint density at radius 3 is 2.46 bits per heavy atom. The topological polar surface area (TPSA) is 97.2 Å². The van der Waals surface area contributed by atoms with Gasteiger partial charge in [-0.15, -0.1) is 5.10 Å². The van der Waals surface area contributed by atoms with Crippen LogP contribution >= 0.6 is 39.1 Å². The molecule has 0 radical (unpaired) electrons. The Morgan fingerprint density at radius 1 is 1.09 bits per heavy atom. The fourth-order valence-electron chi connectivity index (χ4n) is 4.06. The molecule has 0 spiro atoms. The zero-order chi connectivity index (χ0) is 25.3. The molecule has 0 unspecified atom stereocenters. The third-order valence-corrected chi connectivity index (χ3v) is 9.64. The van der Waals surface area contributed by atoms with Gasteiger partial charge >= 0.3 is 0 Å². The number of rotatable bonds is 6. The third kappa shape index (κ3) is 5.72. The molecule has 1 fully saturated rings. The van der Waals surface area contributed by atoms with Crippen LogP contribution in [0.5, 0.6) is 0 Å². The van der Waals surface area contributed by atoms with Crippen LogP contribution in [0.15, 0.2) is 52.0 Å². The molecule has 3 aromatic rings.